The van der Waals surface area contributed by atoms with Gasteiger partial charge in [0.1, 0.15) is 6.04 Å². The van der Waals surface area contributed by atoms with Gasteiger partial charge in [0.2, 0.25) is 17.7 Å². The Morgan fingerprint density at radius 2 is 1.79 bits per heavy atom. The Labute approximate surface area is 236 Å². The SMILES string of the molecule is CCCC(C)N1CC=C[C@]23S[C@H]4C=CCN(CCC)C(=O)[C@H]4[C@H]2C(=O)N([C@@H](CO)Cc2ccccc2)C3C1=O. The van der Waals surface area contributed by atoms with Gasteiger partial charge in [0.25, 0.3) is 0 Å². The normalized spacial score (nSPS) is 31.6. The molecule has 7 nitrogen and oxygen atoms in total. The van der Waals surface area contributed by atoms with Crippen molar-refractivity contribution in [3.63, 3.8) is 0 Å². The minimum atomic E-state index is -0.858. The summed E-state index contributed by atoms with van der Waals surface area (Å²) in [6.45, 7) is 7.65. The van der Waals surface area contributed by atoms with E-state index in [2.05, 4.69) is 32.9 Å². The number of nitrogens with zero attached hydrogens (tertiary/aromatic N) is 3. The van der Waals surface area contributed by atoms with E-state index in [0.29, 0.717) is 26.1 Å². The molecule has 1 spiro atoms. The molecular formula is C31H41N3O4S. The summed E-state index contributed by atoms with van der Waals surface area (Å²) in [5.41, 5.74) is 0.997. The molecule has 4 aliphatic heterocycles. The average molecular weight is 552 g/mol. The summed E-state index contributed by atoms with van der Waals surface area (Å²) in [5, 5.41) is 10.5. The lowest BCUT2D eigenvalue weighted by molar-refractivity contribution is -0.147. The molecule has 210 valence electrons. The number of rotatable bonds is 9. The summed E-state index contributed by atoms with van der Waals surface area (Å²) in [7, 11) is 0. The molecule has 4 aliphatic rings. The Hall–Kier alpha value is -2.58. The molecule has 0 saturated carbocycles. The first-order chi connectivity index (χ1) is 18.9. The van der Waals surface area contributed by atoms with E-state index < -0.39 is 28.7 Å². The van der Waals surface area contributed by atoms with Gasteiger partial charge in [0, 0.05) is 30.9 Å². The highest BCUT2D eigenvalue weighted by Gasteiger charge is 2.71. The van der Waals surface area contributed by atoms with Gasteiger partial charge >= 0.3 is 0 Å². The highest BCUT2D eigenvalue weighted by atomic mass is 32.2. The third-order valence-corrected chi connectivity index (χ3v) is 10.6. The topological polar surface area (TPSA) is 81.2 Å². The molecular weight excluding hydrogens is 510 g/mol. The van der Waals surface area contributed by atoms with Crippen molar-refractivity contribution in [1.82, 2.24) is 14.7 Å². The molecule has 4 heterocycles. The first-order valence-electron chi connectivity index (χ1n) is 14.5. The zero-order valence-corrected chi connectivity index (χ0v) is 24.1. The lowest BCUT2D eigenvalue weighted by Gasteiger charge is -2.40. The largest absolute Gasteiger partial charge is 0.394 e. The van der Waals surface area contributed by atoms with Gasteiger partial charge in [-0.1, -0.05) is 74.9 Å². The number of aliphatic hydroxyl groups is 1. The van der Waals surface area contributed by atoms with Crippen LogP contribution >= 0.6 is 11.8 Å². The zero-order valence-electron chi connectivity index (χ0n) is 23.2. The van der Waals surface area contributed by atoms with Gasteiger partial charge in [-0.2, -0.15) is 0 Å². The van der Waals surface area contributed by atoms with E-state index in [1.807, 2.05) is 52.3 Å². The van der Waals surface area contributed by atoms with Crippen molar-refractivity contribution < 1.29 is 19.5 Å². The van der Waals surface area contributed by atoms with E-state index in [-0.39, 0.29) is 35.6 Å². The first-order valence-corrected chi connectivity index (χ1v) is 15.3. The van der Waals surface area contributed by atoms with Crippen molar-refractivity contribution in [2.24, 2.45) is 11.8 Å². The molecule has 5 rings (SSSR count). The second-order valence-corrected chi connectivity index (χ2v) is 12.8. The van der Waals surface area contributed by atoms with Crippen LogP contribution in [0, 0.1) is 11.8 Å². The molecule has 39 heavy (non-hydrogen) atoms. The predicted molar refractivity (Wildman–Crippen MR) is 154 cm³/mol. The number of carbonyl (C=O) groups excluding carboxylic acids is 3. The van der Waals surface area contributed by atoms with Gasteiger partial charge in [-0.3, -0.25) is 14.4 Å². The molecule has 1 N–H and O–H groups in total. The number of amides is 3. The van der Waals surface area contributed by atoms with Gasteiger partial charge in [0.05, 0.1) is 29.2 Å². The van der Waals surface area contributed by atoms with E-state index in [1.54, 1.807) is 16.7 Å². The van der Waals surface area contributed by atoms with E-state index in [9.17, 15) is 19.5 Å². The molecule has 0 bridgehead atoms. The zero-order chi connectivity index (χ0) is 27.7. The van der Waals surface area contributed by atoms with Crippen LogP contribution in [-0.4, -0.2) is 91.9 Å². The lowest BCUT2D eigenvalue weighted by Crippen LogP contribution is -2.58. The molecule has 0 aromatic heterocycles. The van der Waals surface area contributed by atoms with Crippen molar-refractivity contribution in [3.05, 3.63) is 60.2 Å². The molecule has 1 aromatic carbocycles. The van der Waals surface area contributed by atoms with Crippen LogP contribution < -0.4 is 0 Å². The van der Waals surface area contributed by atoms with Crippen molar-refractivity contribution in [3.8, 4) is 0 Å². The summed E-state index contributed by atoms with van der Waals surface area (Å²) < 4.78 is -0.858. The molecule has 3 amide bonds. The smallest absolute Gasteiger partial charge is 0.247 e. The van der Waals surface area contributed by atoms with Crippen LogP contribution in [0.5, 0.6) is 0 Å². The minimum absolute atomic E-state index is 0.0000796. The predicted octanol–water partition coefficient (Wildman–Crippen LogP) is 3.28. The van der Waals surface area contributed by atoms with Crippen LogP contribution in [0.15, 0.2) is 54.6 Å². The fraction of sp³-hybridized carbons (Fsp3) is 0.581. The number of carbonyl (C=O) groups is 3. The highest BCUT2D eigenvalue weighted by Crippen LogP contribution is 2.61. The summed E-state index contributed by atoms with van der Waals surface area (Å²) >= 11 is 1.61. The summed E-state index contributed by atoms with van der Waals surface area (Å²) in [5.74, 6) is -1.45. The summed E-state index contributed by atoms with van der Waals surface area (Å²) in [6, 6.07) is 8.49. The third kappa shape index (κ3) is 4.73. The Kier molecular flexibility index (Phi) is 8.24. The molecule has 1 aromatic rings. The fourth-order valence-corrected chi connectivity index (χ4v) is 9.11. The number of fused-ring (bicyclic) bond motifs is 2. The average Bonchev–Trinajstić information content (AvgIpc) is 3.25. The van der Waals surface area contributed by atoms with Crippen LogP contribution in [0.25, 0.3) is 0 Å². The van der Waals surface area contributed by atoms with Crippen LogP contribution in [0.1, 0.15) is 45.6 Å². The van der Waals surface area contributed by atoms with E-state index >= 15 is 0 Å². The first kappa shape index (κ1) is 28.0. The standard InChI is InChI=1S/C31H41N3O4S/c1-4-11-21(3)33-18-10-15-31-26(25-24(39-31)14-9-17-32(16-5-2)28(25)36)29(37)34(27(31)30(33)38)23(20-35)19-22-12-7-6-8-13-22/h6-10,12-15,21,23-27,35H,4-5,11,16-20H2,1-3H3/t21?,23-,24+,25-,26+,27?,31+/m1/s1. The van der Waals surface area contributed by atoms with Crippen molar-refractivity contribution >= 4 is 29.5 Å². The molecule has 8 heteroatoms. The molecule has 2 unspecified atom stereocenters. The highest BCUT2D eigenvalue weighted by molar-refractivity contribution is 8.02. The molecule has 7 atom stereocenters. The Bertz CT molecular complexity index is 1140. The Morgan fingerprint density at radius 3 is 2.49 bits per heavy atom. The van der Waals surface area contributed by atoms with Crippen molar-refractivity contribution in [2.75, 3.05) is 26.2 Å². The summed E-state index contributed by atoms with van der Waals surface area (Å²) in [4.78, 5) is 48.5. The summed E-state index contributed by atoms with van der Waals surface area (Å²) in [6.07, 6.45) is 11.3. The number of benzene rings is 1. The Balaban J connectivity index is 1.61. The second kappa shape index (κ2) is 11.5. The van der Waals surface area contributed by atoms with Gasteiger partial charge in [-0.25, -0.2) is 0 Å². The molecule has 0 radical (unpaired) electrons. The van der Waals surface area contributed by atoms with E-state index in [0.717, 1.165) is 24.8 Å². The number of hydrogen-bond acceptors (Lipinski definition) is 5. The minimum Gasteiger partial charge on any atom is -0.394 e. The maximum absolute atomic E-state index is 14.6. The molecule has 2 fully saturated rings. The number of likely N-dealkylation sites (tertiary alicyclic amines) is 1. The molecule has 2 saturated heterocycles. The Morgan fingerprint density at radius 1 is 1.03 bits per heavy atom. The third-order valence-electron chi connectivity index (χ3n) is 8.86. The van der Waals surface area contributed by atoms with Crippen LogP contribution in [0.3, 0.4) is 0 Å². The van der Waals surface area contributed by atoms with Crippen LogP contribution in [-0.2, 0) is 20.8 Å². The molecule has 0 aliphatic carbocycles. The monoisotopic (exact) mass is 551 g/mol. The van der Waals surface area contributed by atoms with Gasteiger partial charge < -0.3 is 19.8 Å². The maximum atomic E-state index is 14.6. The van der Waals surface area contributed by atoms with Gasteiger partial charge in [0.15, 0.2) is 0 Å². The number of aliphatic hydroxyl groups excluding tert-OH is 1. The lowest BCUT2D eigenvalue weighted by atomic mass is 9.78. The van der Waals surface area contributed by atoms with Crippen LogP contribution in [0.2, 0.25) is 0 Å². The maximum Gasteiger partial charge on any atom is 0.247 e. The van der Waals surface area contributed by atoms with E-state index in [4.69, 9.17) is 0 Å². The van der Waals surface area contributed by atoms with Crippen molar-refractivity contribution in [1.29, 1.82) is 0 Å². The van der Waals surface area contributed by atoms with Crippen LogP contribution in [0.4, 0.5) is 0 Å². The van der Waals surface area contributed by atoms with Gasteiger partial charge in [-0.05, 0) is 31.7 Å². The van der Waals surface area contributed by atoms with E-state index in [1.165, 1.54) is 0 Å². The number of hydrogen-bond donors (Lipinski definition) is 1. The number of thioether (sulfide) groups is 1. The van der Waals surface area contributed by atoms with Crippen molar-refractivity contribution in [2.45, 2.75) is 74.6 Å². The quantitative estimate of drug-likeness (QED) is 0.477. The fourth-order valence-electron chi connectivity index (χ4n) is 7.12. The second-order valence-electron chi connectivity index (χ2n) is 11.4. The van der Waals surface area contributed by atoms with Gasteiger partial charge in [-0.15, -0.1) is 11.8 Å².